The predicted octanol–water partition coefficient (Wildman–Crippen LogP) is 0.788. The molecule has 0 aromatic heterocycles. The fourth-order valence-corrected chi connectivity index (χ4v) is 0.994. The molecular formula is C10H11FN2O3. The van der Waals surface area contributed by atoms with Crippen molar-refractivity contribution in [2.75, 3.05) is 0 Å². The smallest absolute Gasteiger partial charge is 0.318 e. The van der Waals surface area contributed by atoms with Crippen molar-refractivity contribution >= 4 is 11.9 Å². The number of amides is 3. The highest BCUT2D eigenvalue weighted by atomic mass is 19.1. The van der Waals surface area contributed by atoms with Gasteiger partial charge in [-0.1, -0.05) is 0 Å². The van der Waals surface area contributed by atoms with Crippen molar-refractivity contribution in [1.82, 2.24) is 5.32 Å². The van der Waals surface area contributed by atoms with Crippen molar-refractivity contribution < 1.29 is 18.7 Å². The van der Waals surface area contributed by atoms with Gasteiger partial charge in [0, 0.05) is 0 Å². The summed E-state index contributed by atoms with van der Waals surface area (Å²) in [6.45, 7) is 1.45. The molecule has 1 rings (SSSR count). The summed E-state index contributed by atoms with van der Waals surface area (Å²) in [5.74, 6) is -0.730. The van der Waals surface area contributed by atoms with Crippen LogP contribution in [-0.2, 0) is 4.79 Å². The first-order valence-electron chi connectivity index (χ1n) is 4.51. The van der Waals surface area contributed by atoms with Crippen LogP contribution in [0.25, 0.3) is 0 Å². The summed E-state index contributed by atoms with van der Waals surface area (Å²) in [4.78, 5) is 21.6. The van der Waals surface area contributed by atoms with Gasteiger partial charge in [-0.3, -0.25) is 10.1 Å². The number of urea groups is 1. The molecule has 3 N–H and O–H groups in total. The van der Waals surface area contributed by atoms with Crippen molar-refractivity contribution in [1.29, 1.82) is 0 Å². The first kappa shape index (κ1) is 12.0. The predicted molar refractivity (Wildman–Crippen MR) is 54.2 cm³/mol. The Morgan fingerprint density at radius 1 is 1.38 bits per heavy atom. The molecule has 0 saturated heterocycles. The van der Waals surface area contributed by atoms with Gasteiger partial charge in [0.15, 0.2) is 6.10 Å². The minimum absolute atomic E-state index is 0.327. The third-order valence-electron chi connectivity index (χ3n) is 1.74. The molecule has 5 nitrogen and oxygen atoms in total. The number of carbonyl (C=O) groups excluding carboxylic acids is 2. The van der Waals surface area contributed by atoms with Crippen LogP contribution in [0.15, 0.2) is 24.3 Å². The summed E-state index contributed by atoms with van der Waals surface area (Å²) in [5, 5.41) is 1.88. The van der Waals surface area contributed by atoms with Crippen molar-refractivity contribution in [2.45, 2.75) is 13.0 Å². The molecular weight excluding hydrogens is 215 g/mol. The Kier molecular flexibility index (Phi) is 3.82. The Bertz CT molecular complexity index is 392. The number of nitrogens with two attached hydrogens (primary N) is 1. The van der Waals surface area contributed by atoms with Gasteiger partial charge in [0.1, 0.15) is 11.6 Å². The van der Waals surface area contributed by atoms with E-state index in [9.17, 15) is 14.0 Å². The van der Waals surface area contributed by atoms with Crippen LogP contribution in [0.5, 0.6) is 5.75 Å². The zero-order chi connectivity index (χ0) is 12.1. The standard InChI is InChI=1S/C10H11FN2O3/c1-6(9(14)13-10(12)15)16-8-4-2-7(11)3-5-8/h2-6H,1H3,(H3,12,13,14,15). The number of carbonyl (C=O) groups is 2. The number of primary amides is 1. The van der Waals surface area contributed by atoms with Gasteiger partial charge in [-0.15, -0.1) is 0 Å². The highest BCUT2D eigenvalue weighted by Gasteiger charge is 2.15. The van der Waals surface area contributed by atoms with Gasteiger partial charge < -0.3 is 10.5 Å². The molecule has 6 heteroatoms. The van der Waals surface area contributed by atoms with Gasteiger partial charge in [0.2, 0.25) is 0 Å². The average Bonchev–Trinajstić information content (AvgIpc) is 2.20. The van der Waals surface area contributed by atoms with Gasteiger partial charge in [-0.25, -0.2) is 9.18 Å². The molecule has 3 amide bonds. The van der Waals surface area contributed by atoms with E-state index in [2.05, 4.69) is 0 Å². The summed E-state index contributed by atoms with van der Waals surface area (Å²) in [7, 11) is 0. The molecule has 1 aromatic carbocycles. The molecule has 0 radical (unpaired) electrons. The summed E-state index contributed by atoms with van der Waals surface area (Å²) in [5.41, 5.74) is 4.77. The molecule has 86 valence electrons. The Labute approximate surface area is 91.4 Å². The number of ether oxygens (including phenoxy) is 1. The minimum Gasteiger partial charge on any atom is -0.481 e. The van der Waals surface area contributed by atoms with Crippen molar-refractivity contribution in [3.8, 4) is 5.75 Å². The number of rotatable bonds is 3. The van der Waals surface area contributed by atoms with Crippen LogP contribution in [0.4, 0.5) is 9.18 Å². The lowest BCUT2D eigenvalue weighted by Crippen LogP contribution is -2.42. The van der Waals surface area contributed by atoms with Crippen LogP contribution >= 0.6 is 0 Å². The summed E-state index contributed by atoms with van der Waals surface area (Å²) < 4.78 is 17.7. The largest absolute Gasteiger partial charge is 0.481 e. The quantitative estimate of drug-likeness (QED) is 0.799. The number of halogens is 1. The Balaban J connectivity index is 2.57. The first-order chi connectivity index (χ1) is 7.49. The van der Waals surface area contributed by atoms with Gasteiger partial charge in [-0.05, 0) is 31.2 Å². The van der Waals surface area contributed by atoms with Gasteiger partial charge in [0.25, 0.3) is 5.91 Å². The molecule has 0 saturated carbocycles. The van der Waals surface area contributed by atoms with E-state index >= 15 is 0 Å². The second-order valence-corrected chi connectivity index (χ2v) is 3.07. The van der Waals surface area contributed by atoms with Crippen LogP contribution < -0.4 is 15.8 Å². The summed E-state index contributed by atoms with van der Waals surface area (Å²) in [6, 6.07) is 4.22. The third-order valence-corrected chi connectivity index (χ3v) is 1.74. The number of imide groups is 1. The molecule has 1 unspecified atom stereocenters. The van der Waals surface area contributed by atoms with E-state index in [0.717, 1.165) is 0 Å². The van der Waals surface area contributed by atoms with Crippen molar-refractivity contribution in [3.05, 3.63) is 30.1 Å². The molecule has 0 spiro atoms. The highest BCUT2D eigenvalue weighted by molar-refractivity contribution is 5.95. The molecule has 1 atom stereocenters. The third kappa shape index (κ3) is 3.56. The zero-order valence-electron chi connectivity index (χ0n) is 8.57. The maximum Gasteiger partial charge on any atom is 0.318 e. The van der Waals surface area contributed by atoms with E-state index in [1.807, 2.05) is 5.32 Å². The molecule has 1 aromatic rings. The van der Waals surface area contributed by atoms with E-state index in [1.165, 1.54) is 31.2 Å². The van der Waals surface area contributed by atoms with Crippen molar-refractivity contribution in [2.24, 2.45) is 5.73 Å². The van der Waals surface area contributed by atoms with Crippen molar-refractivity contribution in [3.63, 3.8) is 0 Å². The molecule has 0 aliphatic heterocycles. The fourth-order valence-electron chi connectivity index (χ4n) is 0.994. The second kappa shape index (κ2) is 5.11. The Morgan fingerprint density at radius 3 is 2.44 bits per heavy atom. The van der Waals surface area contributed by atoms with E-state index in [4.69, 9.17) is 10.5 Å². The molecule has 0 aliphatic rings. The van der Waals surface area contributed by atoms with Crippen LogP contribution in [0.3, 0.4) is 0 Å². The number of hydrogen-bond acceptors (Lipinski definition) is 3. The van der Waals surface area contributed by atoms with E-state index in [1.54, 1.807) is 0 Å². The lowest BCUT2D eigenvalue weighted by atomic mass is 10.3. The zero-order valence-corrected chi connectivity index (χ0v) is 8.57. The SMILES string of the molecule is CC(Oc1ccc(F)cc1)C(=O)NC(N)=O. The Hall–Kier alpha value is -2.11. The van der Waals surface area contributed by atoms with E-state index in [0.29, 0.717) is 5.75 Å². The molecule has 0 fully saturated rings. The molecule has 16 heavy (non-hydrogen) atoms. The number of nitrogens with one attached hydrogen (secondary N) is 1. The topological polar surface area (TPSA) is 81.4 Å². The lowest BCUT2D eigenvalue weighted by Gasteiger charge is -2.12. The van der Waals surface area contributed by atoms with Crippen LogP contribution in [0.2, 0.25) is 0 Å². The normalized spacial score (nSPS) is 11.6. The maximum atomic E-state index is 12.6. The van der Waals surface area contributed by atoms with Gasteiger partial charge in [-0.2, -0.15) is 0 Å². The van der Waals surface area contributed by atoms with Crippen LogP contribution in [0, 0.1) is 5.82 Å². The van der Waals surface area contributed by atoms with Gasteiger partial charge >= 0.3 is 6.03 Å². The highest BCUT2D eigenvalue weighted by Crippen LogP contribution is 2.12. The molecule has 0 bridgehead atoms. The van der Waals surface area contributed by atoms with E-state index < -0.39 is 23.9 Å². The second-order valence-electron chi connectivity index (χ2n) is 3.07. The van der Waals surface area contributed by atoms with Crippen LogP contribution in [-0.4, -0.2) is 18.0 Å². The van der Waals surface area contributed by atoms with Gasteiger partial charge in [0.05, 0.1) is 0 Å². The number of benzene rings is 1. The summed E-state index contributed by atoms with van der Waals surface area (Å²) in [6.07, 6.45) is -0.891. The fraction of sp³-hybridized carbons (Fsp3) is 0.200. The van der Waals surface area contributed by atoms with E-state index in [-0.39, 0.29) is 0 Å². The maximum absolute atomic E-state index is 12.6. The molecule has 0 aliphatic carbocycles. The minimum atomic E-state index is -0.945. The Morgan fingerprint density at radius 2 is 1.94 bits per heavy atom. The molecule has 0 heterocycles. The first-order valence-corrected chi connectivity index (χ1v) is 4.51. The average molecular weight is 226 g/mol. The summed E-state index contributed by atoms with van der Waals surface area (Å²) >= 11 is 0. The number of hydrogen-bond donors (Lipinski definition) is 2. The van der Waals surface area contributed by atoms with Crippen LogP contribution in [0.1, 0.15) is 6.92 Å². The monoisotopic (exact) mass is 226 g/mol. The lowest BCUT2D eigenvalue weighted by molar-refractivity contribution is -0.126.